The smallest absolute Gasteiger partial charge is 0.407 e. The normalized spacial score (nSPS) is 17.9. The molecule has 5 heteroatoms. The highest BCUT2D eigenvalue weighted by Gasteiger charge is 2.29. The van der Waals surface area contributed by atoms with Gasteiger partial charge in [0.25, 0.3) is 0 Å². The topological polar surface area (TPSA) is 70.0 Å². The van der Waals surface area contributed by atoms with Gasteiger partial charge in [0.2, 0.25) is 0 Å². The van der Waals surface area contributed by atoms with Gasteiger partial charge in [0.1, 0.15) is 0 Å². The molecule has 1 aliphatic heterocycles. The van der Waals surface area contributed by atoms with Crippen molar-refractivity contribution in [2.75, 3.05) is 13.1 Å². The first-order valence-electron chi connectivity index (χ1n) is 3.61. The molecule has 1 fully saturated rings. The minimum Gasteiger partial charge on any atom is -0.465 e. The van der Waals surface area contributed by atoms with Gasteiger partial charge in [-0.2, -0.15) is 0 Å². The van der Waals surface area contributed by atoms with Crippen molar-refractivity contribution in [1.82, 2.24) is 4.90 Å². The lowest BCUT2D eigenvalue weighted by atomic mass is 10.1. The van der Waals surface area contributed by atoms with Crippen LogP contribution < -0.4 is 0 Å². The summed E-state index contributed by atoms with van der Waals surface area (Å²) in [6.07, 6.45) is 0.313. The fourth-order valence-electron chi connectivity index (χ4n) is 0.916. The Morgan fingerprint density at radius 2 is 2.17 bits per heavy atom. The number of hydrogen-bond acceptors (Lipinski definition) is 3. The molecular formula is C7H10N2O3. The highest BCUT2D eigenvalue weighted by molar-refractivity contribution is 6.26. The van der Waals surface area contributed by atoms with Gasteiger partial charge >= 0.3 is 6.09 Å². The van der Waals surface area contributed by atoms with Crippen LogP contribution in [0.2, 0.25) is 0 Å². The Balaban J connectivity index is 2.26. The summed E-state index contributed by atoms with van der Waals surface area (Å²) in [4.78, 5) is 25.8. The molecule has 0 unspecified atom stereocenters. The number of Topliss-reactive ketones (excluding diaryl/α,β-unsaturated/α-hetero) is 1. The number of rotatable bonds is 2. The van der Waals surface area contributed by atoms with Crippen molar-refractivity contribution >= 4 is 18.1 Å². The Morgan fingerprint density at radius 1 is 1.58 bits per heavy atom. The van der Waals surface area contributed by atoms with E-state index in [0.29, 0.717) is 13.1 Å². The van der Waals surface area contributed by atoms with E-state index in [-0.39, 0.29) is 11.8 Å². The van der Waals surface area contributed by atoms with Gasteiger partial charge in [-0.15, -0.1) is 0 Å². The van der Waals surface area contributed by atoms with E-state index in [9.17, 15) is 9.59 Å². The van der Waals surface area contributed by atoms with Gasteiger partial charge in [-0.1, -0.05) is 0 Å². The van der Waals surface area contributed by atoms with E-state index in [4.69, 9.17) is 5.11 Å². The van der Waals surface area contributed by atoms with E-state index < -0.39 is 6.09 Å². The van der Waals surface area contributed by atoms with Gasteiger partial charge in [-0.05, 0) is 0 Å². The van der Waals surface area contributed by atoms with Crippen LogP contribution in [0.4, 0.5) is 4.79 Å². The Morgan fingerprint density at radius 3 is 2.58 bits per heavy atom. The third-order valence-electron chi connectivity index (χ3n) is 1.60. The maximum atomic E-state index is 10.4. The zero-order valence-electron chi connectivity index (χ0n) is 6.73. The molecule has 0 aromatic heterocycles. The zero-order valence-corrected chi connectivity index (χ0v) is 6.73. The Hall–Kier alpha value is -1.39. The summed E-state index contributed by atoms with van der Waals surface area (Å²) < 4.78 is 0. The Bertz CT molecular complexity index is 231. The van der Waals surface area contributed by atoms with E-state index in [1.807, 2.05) is 0 Å². The minimum atomic E-state index is -0.927. The average Bonchev–Trinajstić information content (AvgIpc) is 1.82. The first-order chi connectivity index (χ1) is 5.59. The van der Waals surface area contributed by atoms with Gasteiger partial charge < -0.3 is 10.0 Å². The number of carbonyl (C=O) groups is 2. The molecule has 0 spiro atoms. The van der Waals surface area contributed by atoms with Crippen LogP contribution in [0.3, 0.4) is 0 Å². The lowest BCUT2D eigenvalue weighted by Crippen LogP contribution is -2.52. The summed E-state index contributed by atoms with van der Waals surface area (Å²) >= 11 is 0. The van der Waals surface area contributed by atoms with Gasteiger partial charge in [0, 0.05) is 20.0 Å². The number of hydrogen-bond donors (Lipinski definition) is 1. The summed E-state index contributed by atoms with van der Waals surface area (Å²) in [5.74, 6) is -0.108. The predicted octanol–water partition coefficient (Wildman–Crippen LogP) is 0.00840. The third kappa shape index (κ3) is 2.05. The van der Waals surface area contributed by atoms with Crippen LogP contribution >= 0.6 is 0 Å². The number of aliphatic imine (C=N–C) groups is 1. The van der Waals surface area contributed by atoms with Gasteiger partial charge in [-0.25, -0.2) is 4.79 Å². The number of likely N-dealkylation sites (tertiary alicyclic amines) is 1. The highest BCUT2D eigenvalue weighted by atomic mass is 16.4. The maximum Gasteiger partial charge on any atom is 0.407 e. The molecule has 1 rings (SSSR count). The molecule has 0 saturated carbocycles. The first kappa shape index (κ1) is 8.70. The van der Waals surface area contributed by atoms with Crippen molar-refractivity contribution in [1.29, 1.82) is 0 Å². The van der Waals surface area contributed by atoms with Crippen molar-refractivity contribution in [2.45, 2.75) is 13.0 Å². The lowest BCUT2D eigenvalue weighted by Gasteiger charge is -2.34. The lowest BCUT2D eigenvalue weighted by molar-refractivity contribution is -0.110. The van der Waals surface area contributed by atoms with Crippen molar-refractivity contribution < 1.29 is 14.7 Å². The van der Waals surface area contributed by atoms with Crippen LogP contribution in [-0.4, -0.2) is 47.2 Å². The van der Waals surface area contributed by atoms with Crippen molar-refractivity contribution in [3.05, 3.63) is 0 Å². The molecule has 1 aliphatic rings. The molecule has 1 saturated heterocycles. The second-order valence-electron chi connectivity index (χ2n) is 2.73. The highest BCUT2D eigenvalue weighted by Crippen LogP contribution is 2.10. The van der Waals surface area contributed by atoms with Crippen LogP contribution in [0, 0.1) is 0 Å². The van der Waals surface area contributed by atoms with Crippen molar-refractivity contribution in [3.63, 3.8) is 0 Å². The molecule has 12 heavy (non-hydrogen) atoms. The van der Waals surface area contributed by atoms with Crippen molar-refractivity contribution in [3.8, 4) is 0 Å². The van der Waals surface area contributed by atoms with E-state index in [1.165, 1.54) is 18.0 Å². The molecule has 0 radical (unpaired) electrons. The van der Waals surface area contributed by atoms with Crippen LogP contribution in [0.5, 0.6) is 0 Å². The summed E-state index contributed by atoms with van der Waals surface area (Å²) in [7, 11) is 0. The summed E-state index contributed by atoms with van der Waals surface area (Å²) in [5, 5.41) is 8.44. The summed E-state index contributed by atoms with van der Waals surface area (Å²) in [6.45, 7) is 2.22. The van der Waals surface area contributed by atoms with Crippen LogP contribution in [0.1, 0.15) is 6.92 Å². The molecule has 0 atom stereocenters. The van der Waals surface area contributed by atoms with Crippen molar-refractivity contribution in [2.24, 2.45) is 4.99 Å². The second-order valence-corrected chi connectivity index (χ2v) is 2.73. The molecule has 0 aromatic carbocycles. The number of carboxylic acid groups (broad SMARTS) is 1. The van der Waals surface area contributed by atoms with Crippen LogP contribution in [-0.2, 0) is 4.79 Å². The largest absolute Gasteiger partial charge is 0.465 e. The fraction of sp³-hybridized carbons (Fsp3) is 0.571. The molecule has 1 amide bonds. The number of amides is 1. The zero-order chi connectivity index (χ0) is 9.14. The molecule has 5 nitrogen and oxygen atoms in total. The number of ketones is 1. The van der Waals surface area contributed by atoms with E-state index in [0.717, 1.165) is 0 Å². The molecule has 1 heterocycles. The van der Waals surface area contributed by atoms with E-state index >= 15 is 0 Å². The second kappa shape index (κ2) is 3.34. The molecule has 0 bridgehead atoms. The maximum absolute atomic E-state index is 10.4. The molecule has 0 aromatic rings. The number of nitrogens with zero attached hydrogens (tertiary/aromatic N) is 2. The molecule has 66 valence electrons. The molecular weight excluding hydrogens is 160 g/mol. The molecule has 0 aliphatic carbocycles. The fourth-order valence-corrected chi connectivity index (χ4v) is 0.916. The molecule has 1 N–H and O–H groups in total. The monoisotopic (exact) mass is 170 g/mol. The van der Waals surface area contributed by atoms with Gasteiger partial charge in [0.15, 0.2) is 5.78 Å². The quantitative estimate of drug-likeness (QED) is 0.593. The van der Waals surface area contributed by atoms with Crippen LogP contribution in [0.25, 0.3) is 0 Å². The van der Waals surface area contributed by atoms with Gasteiger partial charge in [-0.3, -0.25) is 9.79 Å². The summed E-state index contributed by atoms with van der Waals surface area (Å²) in [6, 6.07) is -0.0231. The van der Waals surface area contributed by atoms with Gasteiger partial charge in [0.05, 0.1) is 12.3 Å². The first-order valence-corrected chi connectivity index (χ1v) is 3.61. The standard InChI is InChI=1S/C7H10N2O3/c1-5(10)2-8-6-3-9(4-6)7(11)12/h2,6H,3-4H2,1H3,(H,11,12)/b8-2+. The summed E-state index contributed by atoms with van der Waals surface area (Å²) in [5.41, 5.74) is 0. The SMILES string of the molecule is CC(=O)/C=N/C1CN(C(=O)O)C1. The Labute approximate surface area is 69.7 Å². The predicted molar refractivity (Wildman–Crippen MR) is 42.6 cm³/mol. The van der Waals surface area contributed by atoms with E-state index in [1.54, 1.807) is 0 Å². The van der Waals surface area contributed by atoms with Crippen LogP contribution in [0.15, 0.2) is 4.99 Å². The number of carbonyl (C=O) groups excluding carboxylic acids is 1. The van der Waals surface area contributed by atoms with E-state index in [2.05, 4.69) is 4.99 Å². The Kier molecular flexibility index (Phi) is 2.42. The minimum absolute atomic E-state index is 0.0231. The average molecular weight is 170 g/mol. The third-order valence-corrected chi connectivity index (χ3v) is 1.60.